The molecule has 1 saturated heterocycles. The number of aromatic nitrogens is 4. The van der Waals surface area contributed by atoms with Crippen LogP contribution in [0.15, 0.2) is 12.7 Å². The van der Waals surface area contributed by atoms with Gasteiger partial charge in [-0.2, -0.15) is 0 Å². The molecular formula is C11H15N5O9P2-2. The van der Waals surface area contributed by atoms with Crippen LogP contribution in [0.3, 0.4) is 0 Å². The third-order valence-electron chi connectivity index (χ3n) is 3.76. The Morgan fingerprint density at radius 2 is 2.07 bits per heavy atom. The Balaban J connectivity index is 1.86. The number of hydrogen-bond donors (Lipinski definition) is 3. The second-order valence-electron chi connectivity index (χ2n) is 5.54. The normalized spacial score (nSPS) is 27.4. The third-order valence-corrected chi connectivity index (χ3v) is 4.77. The molecule has 1 aliphatic heterocycles. The number of rotatable bonds is 7. The Kier molecular flexibility index (Phi) is 5.64. The fourth-order valence-electron chi connectivity index (χ4n) is 2.72. The van der Waals surface area contributed by atoms with Crippen molar-refractivity contribution in [3.8, 4) is 0 Å². The number of phosphoric acid groups is 2. The van der Waals surface area contributed by atoms with Crippen molar-refractivity contribution in [2.75, 3.05) is 19.0 Å². The average Bonchev–Trinajstić information content (AvgIpc) is 3.14. The summed E-state index contributed by atoms with van der Waals surface area (Å²) < 4.78 is 37.8. The van der Waals surface area contributed by atoms with Crippen LogP contribution in [-0.2, 0) is 22.9 Å². The molecule has 3 heterocycles. The summed E-state index contributed by atoms with van der Waals surface area (Å²) in [5.41, 5.74) is 0.794. The number of phosphoric ester groups is 2. The van der Waals surface area contributed by atoms with Gasteiger partial charge in [-0.3, -0.25) is 13.7 Å². The zero-order valence-electron chi connectivity index (χ0n) is 13.7. The molecule has 5 atom stereocenters. The van der Waals surface area contributed by atoms with Crippen LogP contribution < -0.4 is 15.1 Å². The third kappa shape index (κ3) is 4.88. The molecule has 0 saturated carbocycles. The minimum Gasteiger partial charge on any atom is -0.756 e. The summed E-state index contributed by atoms with van der Waals surface area (Å²) in [5, 5.41) is 2.84. The van der Waals surface area contributed by atoms with Gasteiger partial charge in [-0.1, -0.05) is 0 Å². The van der Waals surface area contributed by atoms with Crippen LogP contribution in [0.4, 0.5) is 5.82 Å². The molecule has 0 aliphatic carbocycles. The van der Waals surface area contributed by atoms with Gasteiger partial charge in [-0.25, -0.2) is 15.0 Å². The smallest absolute Gasteiger partial charge is 0.265 e. The first-order valence-electron chi connectivity index (χ1n) is 7.48. The monoisotopic (exact) mass is 423 g/mol. The van der Waals surface area contributed by atoms with Gasteiger partial charge in [0.15, 0.2) is 11.5 Å². The Morgan fingerprint density at radius 1 is 1.33 bits per heavy atom. The van der Waals surface area contributed by atoms with Crippen molar-refractivity contribution >= 4 is 32.6 Å². The van der Waals surface area contributed by atoms with Gasteiger partial charge in [0.2, 0.25) is 0 Å². The summed E-state index contributed by atoms with van der Waals surface area (Å²) in [5.74, 6) is 0.455. The lowest BCUT2D eigenvalue weighted by atomic mass is 10.2. The van der Waals surface area contributed by atoms with Crippen molar-refractivity contribution in [3.05, 3.63) is 12.7 Å². The summed E-state index contributed by atoms with van der Waals surface area (Å²) in [6.07, 6.45) is -0.774. The minimum atomic E-state index is -5.14. The molecule has 2 aromatic heterocycles. The van der Waals surface area contributed by atoms with Gasteiger partial charge < -0.3 is 38.7 Å². The van der Waals surface area contributed by atoms with Gasteiger partial charge in [0.05, 0.1) is 19.0 Å². The topological polar surface area (TPSA) is 204 Å². The first-order chi connectivity index (χ1) is 12.6. The maximum Gasteiger partial charge on any atom is 0.265 e. The molecule has 16 heteroatoms. The molecule has 2 unspecified atom stereocenters. The van der Waals surface area contributed by atoms with E-state index in [9.17, 15) is 18.9 Å². The number of anilines is 1. The molecule has 1 fully saturated rings. The van der Waals surface area contributed by atoms with Crippen LogP contribution in [0.1, 0.15) is 12.6 Å². The van der Waals surface area contributed by atoms with Crippen molar-refractivity contribution in [1.29, 1.82) is 0 Å². The molecule has 3 N–H and O–H groups in total. The highest BCUT2D eigenvalue weighted by molar-refractivity contribution is 7.45. The predicted octanol–water partition coefficient (Wildman–Crippen LogP) is -1.52. The first-order valence-corrected chi connectivity index (χ1v) is 10.5. The Labute approximate surface area is 152 Å². The molecule has 0 bridgehead atoms. The van der Waals surface area contributed by atoms with E-state index in [4.69, 9.17) is 14.5 Å². The Morgan fingerprint density at radius 3 is 2.70 bits per heavy atom. The summed E-state index contributed by atoms with van der Waals surface area (Å²) >= 11 is 0. The molecule has 0 spiro atoms. The number of ether oxygens (including phenoxy) is 1. The van der Waals surface area contributed by atoms with E-state index in [0.717, 1.165) is 0 Å². The lowest BCUT2D eigenvalue weighted by Gasteiger charge is -2.25. The van der Waals surface area contributed by atoms with Crippen molar-refractivity contribution in [2.45, 2.75) is 24.9 Å². The van der Waals surface area contributed by atoms with Crippen molar-refractivity contribution in [1.82, 2.24) is 19.5 Å². The highest BCUT2D eigenvalue weighted by Gasteiger charge is 2.40. The molecule has 14 nitrogen and oxygen atoms in total. The Bertz CT molecular complexity index is 911. The van der Waals surface area contributed by atoms with E-state index in [-0.39, 0.29) is 6.42 Å². The van der Waals surface area contributed by atoms with E-state index in [2.05, 4.69) is 29.3 Å². The molecule has 150 valence electrons. The molecule has 0 amide bonds. The van der Waals surface area contributed by atoms with Crippen molar-refractivity contribution in [2.24, 2.45) is 0 Å². The van der Waals surface area contributed by atoms with Crippen LogP contribution in [0.25, 0.3) is 11.2 Å². The highest BCUT2D eigenvalue weighted by atomic mass is 31.2. The molecule has 1 aliphatic rings. The first kappa shape index (κ1) is 20.3. The molecular weight excluding hydrogens is 408 g/mol. The summed E-state index contributed by atoms with van der Waals surface area (Å²) in [7, 11) is -8.56. The number of hydrogen-bond acceptors (Lipinski definition) is 11. The van der Waals surface area contributed by atoms with Crippen LogP contribution in [0, 0.1) is 0 Å². The van der Waals surface area contributed by atoms with E-state index in [1.807, 2.05) is 0 Å². The fourth-order valence-corrected chi connectivity index (χ4v) is 3.62. The molecule has 27 heavy (non-hydrogen) atoms. The molecule has 3 rings (SSSR count). The zero-order valence-corrected chi connectivity index (χ0v) is 15.5. The maximum atomic E-state index is 11.1. The number of imidazole rings is 1. The van der Waals surface area contributed by atoms with Crippen molar-refractivity contribution < 1.29 is 42.5 Å². The van der Waals surface area contributed by atoms with E-state index in [1.54, 1.807) is 7.05 Å². The number of nitrogens with zero attached hydrogens (tertiary/aromatic N) is 4. The van der Waals surface area contributed by atoms with Gasteiger partial charge >= 0.3 is 0 Å². The van der Waals surface area contributed by atoms with Gasteiger partial charge in [-0.15, -0.1) is 0 Å². The van der Waals surface area contributed by atoms with E-state index in [1.165, 1.54) is 17.2 Å². The minimum absolute atomic E-state index is 0.0975. The summed E-state index contributed by atoms with van der Waals surface area (Å²) in [6.45, 7) is -0.720. The van der Waals surface area contributed by atoms with Crippen LogP contribution in [-0.4, -0.2) is 55.2 Å². The van der Waals surface area contributed by atoms with Gasteiger partial charge in [0.1, 0.15) is 24.2 Å². The standard InChI is InChI=1S/C11H17N5O9P2/c1-12-10-9-11(14-4-13-10)16(5-15-9)8-2-6(25-27(20,21)22)7(24-8)3-23-26(17,18)19/h4-8H,2-3H2,1H3,(H,12,13,14)(H2,17,18,19)(H2,20,21,22)/p-2/t6-,7+,8-/m1/s1. The van der Waals surface area contributed by atoms with Crippen LogP contribution in [0.5, 0.6) is 0 Å². The lowest BCUT2D eigenvalue weighted by molar-refractivity contribution is -0.228. The fraction of sp³-hybridized carbons (Fsp3) is 0.545. The summed E-state index contributed by atoms with van der Waals surface area (Å²) in [4.78, 5) is 51.8. The largest absolute Gasteiger partial charge is 0.756 e. The van der Waals surface area contributed by atoms with Gasteiger partial charge in [-0.05, 0) is 0 Å². The zero-order chi connectivity index (χ0) is 19.8. The van der Waals surface area contributed by atoms with E-state index >= 15 is 0 Å². The molecule has 0 aromatic carbocycles. The SMILES string of the molecule is CNc1ncnc2c1ncn2[C@H]1C[C@@H](OP(=O)([O-])O)[C@H](COP(=O)([O-])O)O1. The van der Waals surface area contributed by atoms with Gasteiger partial charge in [0, 0.05) is 13.5 Å². The maximum absolute atomic E-state index is 11.1. The second kappa shape index (κ2) is 7.51. The van der Waals surface area contributed by atoms with E-state index in [0.29, 0.717) is 17.0 Å². The molecule has 2 aromatic rings. The lowest BCUT2D eigenvalue weighted by Crippen LogP contribution is -2.30. The number of nitrogens with one attached hydrogen (secondary N) is 1. The van der Waals surface area contributed by atoms with Crippen LogP contribution >= 0.6 is 15.6 Å². The quantitative estimate of drug-likeness (QED) is 0.433. The summed E-state index contributed by atoms with van der Waals surface area (Å²) in [6, 6.07) is 0. The second-order valence-corrected chi connectivity index (χ2v) is 7.88. The average molecular weight is 423 g/mol. The number of fused-ring (bicyclic) bond motifs is 1. The van der Waals surface area contributed by atoms with Crippen LogP contribution in [0.2, 0.25) is 0 Å². The molecule has 0 radical (unpaired) electrons. The van der Waals surface area contributed by atoms with Gasteiger partial charge in [0.25, 0.3) is 15.6 Å². The van der Waals surface area contributed by atoms with E-state index < -0.39 is 40.7 Å². The Hall–Kier alpha value is -1.47. The predicted molar refractivity (Wildman–Crippen MR) is 83.9 cm³/mol. The highest BCUT2D eigenvalue weighted by Crippen LogP contribution is 2.42. The van der Waals surface area contributed by atoms with Crippen molar-refractivity contribution in [3.63, 3.8) is 0 Å².